The van der Waals surface area contributed by atoms with Gasteiger partial charge >= 0.3 is 5.97 Å². The first-order valence-corrected chi connectivity index (χ1v) is 6.35. The quantitative estimate of drug-likeness (QED) is 0.424. The SMILES string of the molecule is COC(=O)C(N1CCC(CO[N+](=O)[O-])C1)C(C)(C)C. The van der Waals surface area contributed by atoms with Crippen LogP contribution in [0.3, 0.4) is 0 Å². The minimum atomic E-state index is -0.774. The van der Waals surface area contributed by atoms with E-state index in [0.29, 0.717) is 6.54 Å². The van der Waals surface area contributed by atoms with Crippen LogP contribution in [0.25, 0.3) is 0 Å². The lowest BCUT2D eigenvalue weighted by Crippen LogP contribution is -2.49. The standard InChI is InChI=1S/C12H22N2O5/c1-12(2,3)10(11(15)18-4)13-6-5-9(7-13)8-19-14(16)17/h9-10H,5-8H2,1-4H3. The lowest BCUT2D eigenvalue weighted by atomic mass is 9.85. The summed E-state index contributed by atoms with van der Waals surface area (Å²) in [5.74, 6) is -0.178. The fourth-order valence-electron chi connectivity index (χ4n) is 2.56. The summed E-state index contributed by atoms with van der Waals surface area (Å²) in [5, 5.41) is 9.41. The Morgan fingerprint density at radius 1 is 1.53 bits per heavy atom. The summed E-state index contributed by atoms with van der Waals surface area (Å²) >= 11 is 0. The number of esters is 1. The van der Waals surface area contributed by atoms with Crippen molar-refractivity contribution in [2.45, 2.75) is 33.2 Å². The maximum absolute atomic E-state index is 11.9. The molecule has 0 amide bonds. The topological polar surface area (TPSA) is 81.9 Å². The van der Waals surface area contributed by atoms with Crippen molar-refractivity contribution in [3.8, 4) is 0 Å². The smallest absolute Gasteiger partial charge is 0.323 e. The lowest BCUT2D eigenvalue weighted by Gasteiger charge is -2.35. The second kappa shape index (κ2) is 6.18. The highest BCUT2D eigenvalue weighted by atomic mass is 16.9. The molecule has 2 atom stereocenters. The third-order valence-electron chi connectivity index (χ3n) is 3.34. The van der Waals surface area contributed by atoms with Crippen LogP contribution in [-0.2, 0) is 14.4 Å². The molecule has 0 spiro atoms. The minimum absolute atomic E-state index is 0.0832. The molecule has 0 aromatic carbocycles. The predicted octanol–water partition coefficient (Wildman–Crippen LogP) is 1.10. The summed E-state index contributed by atoms with van der Waals surface area (Å²) in [7, 11) is 1.38. The normalized spacial score (nSPS) is 22.0. The van der Waals surface area contributed by atoms with Gasteiger partial charge in [0.15, 0.2) is 0 Å². The van der Waals surface area contributed by atoms with Crippen LogP contribution in [-0.4, -0.2) is 48.8 Å². The van der Waals surface area contributed by atoms with E-state index in [4.69, 9.17) is 4.74 Å². The average Bonchev–Trinajstić information content (AvgIpc) is 2.72. The Kier molecular flexibility index (Phi) is 5.11. The zero-order chi connectivity index (χ0) is 14.6. The predicted molar refractivity (Wildman–Crippen MR) is 67.9 cm³/mol. The second-order valence-corrected chi connectivity index (χ2v) is 5.96. The molecule has 7 nitrogen and oxygen atoms in total. The van der Waals surface area contributed by atoms with Gasteiger partial charge in [-0.2, -0.15) is 0 Å². The second-order valence-electron chi connectivity index (χ2n) is 5.96. The molecule has 0 aromatic heterocycles. The third kappa shape index (κ3) is 4.34. The fraction of sp³-hybridized carbons (Fsp3) is 0.917. The molecule has 2 unspecified atom stereocenters. The van der Waals surface area contributed by atoms with Crippen molar-refractivity contribution in [3.63, 3.8) is 0 Å². The van der Waals surface area contributed by atoms with Gasteiger partial charge in [0, 0.05) is 6.54 Å². The van der Waals surface area contributed by atoms with Gasteiger partial charge in [0.25, 0.3) is 5.09 Å². The van der Waals surface area contributed by atoms with Gasteiger partial charge in [-0.3, -0.25) is 9.69 Å². The first-order chi connectivity index (χ1) is 8.75. The monoisotopic (exact) mass is 274 g/mol. The summed E-state index contributed by atoms with van der Waals surface area (Å²) in [5.41, 5.74) is -0.244. The molecule has 1 aliphatic heterocycles. The molecule has 0 saturated carbocycles. The van der Waals surface area contributed by atoms with Crippen molar-refractivity contribution in [1.29, 1.82) is 0 Å². The first-order valence-electron chi connectivity index (χ1n) is 6.35. The molecule has 110 valence electrons. The number of ether oxygens (including phenoxy) is 1. The van der Waals surface area contributed by atoms with Crippen LogP contribution in [0.4, 0.5) is 0 Å². The van der Waals surface area contributed by atoms with Gasteiger partial charge in [0.2, 0.25) is 0 Å². The Balaban J connectivity index is 2.63. The fourth-order valence-corrected chi connectivity index (χ4v) is 2.56. The maximum atomic E-state index is 11.9. The molecular weight excluding hydrogens is 252 g/mol. The van der Waals surface area contributed by atoms with Crippen molar-refractivity contribution in [3.05, 3.63) is 10.1 Å². The molecule has 0 radical (unpaired) electrons. The highest BCUT2D eigenvalue weighted by Crippen LogP contribution is 2.30. The van der Waals surface area contributed by atoms with Crippen molar-refractivity contribution < 1.29 is 19.5 Å². The summed E-state index contributed by atoms with van der Waals surface area (Å²) in [6.07, 6.45) is 0.789. The van der Waals surface area contributed by atoms with E-state index in [1.807, 2.05) is 25.7 Å². The molecule has 0 aliphatic carbocycles. The van der Waals surface area contributed by atoms with Crippen LogP contribution in [0.2, 0.25) is 0 Å². The van der Waals surface area contributed by atoms with Crippen LogP contribution in [0.1, 0.15) is 27.2 Å². The highest BCUT2D eigenvalue weighted by molar-refractivity contribution is 5.76. The third-order valence-corrected chi connectivity index (χ3v) is 3.34. The van der Waals surface area contributed by atoms with E-state index in [1.165, 1.54) is 7.11 Å². The molecule has 19 heavy (non-hydrogen) atoms. The van der Waals surface area contributed by atoms with Gasteiger partial charge in [-0.25, -0.2) is 0 Å². The molecule has 1 aliphatic rings. The number of rotatable bonds is 5. The molecule has 7 heteroatoms. The van der Waals surface area contributed by atoms with Crippen molar-refractivity contribution in [2.24, 2.45) is 11.3 Å². The zero-order valence-electron chi connectivity index (χ0n) is 11.9. The Morgan fingerprint density at radius 2 is 2.16 bits per heavy atom. The molecular formula is C12H22N2O5. The molecule has 0 aromatic rings. The number of likely N-dealkylation sites (tertiary alicyclic amines) is 1. The number of methoxy groups -OCH3 is 1. The lowest BCUT2D eigenvalue weighted by molar-refractivity contribution is -0.759. The summed E-state index contributed by atoms with van der Waals surface area (Å²) in [6, 6.07) is -0.335. The van der Waals surface area contributed by atoms with Crippen molar-refractivity contribution in [2.75, 3.05) is 26.8 Å². The Labute approximate surface area is 113 Å². The number of nitrogens with zero attached hydrogens (tertiary/aromatic N) is 2. The number of carbonyl (C=O) groups is 1. The molecule has 1 saturated heterocycles. The van der Waals surface area contributed by atoms with Gasteiger partial charge < -0.3 is 9.57 Å². The van der Waals surface area contributed by atoms with Gasteiger partial charge in [0.1, 0.15) is 12.6 Å². The van der Waals surface area contributed by atoms with E-state index in [1.54, 1.807) is 0 Å². The number of carbonyl (C=O) groups excluding carboxylic acids is 1. The Hall–Kier alpha value is -1.37. The average molecular weight is 274 g/mol. The van der Waals surface area contributed by atoms with Crippen LogP contribution < -0.4 is 0 Å². The molecule has 0 bridgehead atoms. The first kappa shape index (κ1) is 15.7. The summed E-state index contributed by atoms with van der Waals surface area (Å²) < 4.78 is 4.86. The van der Waals surface area contributed by atoms with Crippen molar-refractivity contribution >= 4 is 5.97 Å². The maximum Gasteiger partial charge on any atom is 0.323 e. The largest absolute Gasteiger partial charge is 0.468 e. The molecule has 0 N–H and O–H groups in total. The molecule has 1 rings (SSSR count). The molecule has 1 heterocycles. The van der Waals surface area contributed by atoms with E-state index in [0.717, 1.165) is 13.0 Å². The van der Waals surface area contributed by atoms with Crippen LogP contribution in [0, 0.1) is 21.4 Å². The zero-order valence-corrected chi connectivity index (χ0v) is 11.9. The van der Waals surface area contributed by atoms with E-state index in [2.05, 4.69) is 4.84 Å². The van der Waals surface area contributed by atoms with Gasteiger partial charge in [-0.05, 0) is 24.3 Å². The van der Waals surface area contributed by atoms with Crippen LogP contribution >= 0.6 is 0 Å². The van der Waals surface area contributed by atoms with Gasteiger partial charge in [-0.1, -0.05) is 20.8 Å². The van der Waals surface area contributed by atoms with Gasteiger partial charge in [-0.15, -0.1) is 10.1 Å². The van der Waals surface area contributed by atoms with E-state index in [-0.39, 0.29) is 30.0 Å². The van der Waals surface area contributed by atoms with Crippen molar-refractivity contribution in [1.82, 2.24) is 4.90 Å². The summed E-state index contributed by atoms with van der Waals surface area (Å²) in [6.45, 7) is 7.37. The molecule has 1 fully saturated rings. The Morgan fingerprint density at radius 3 is 2.63 bits per heavy atom. The van der Waals surface area contributed by atoms with E-state index < -0.39 is 5.09 Å². The van der Waals surface area contributed by atoms with E-state index in [9.17, 15) is 14.9 Å². The van der Waals surface area contributed by atoms with E-state index >= 15 is 0 Å². The Bertz CT molecular complexity index is 340. The van der Waals surface area contributed by atoms with Crippen LogP contribution in [0.5, 0.6) is 0 Å². The number of hydrogen-bond donors (Lipinski definition) is 0. The summed E-state index contributed by atoms with van der Waals surface area (Å²) in [4.78, 5) is 28.5. The van der Waals surface area contributed by atoms with Gasteiger partial charge in [0.05, 0.1) is 7.11 Å². The highest BCUT2D eigenvalue weighted by Gasteiger charge is 2.40. The minimum Gasteiger partial charge on any atom is -0.468 e. The number of hydrogen-bond acceptors (Lipinski definition) is 6. The van der Waals surface area contributed by atoms with Crippen LogP contribution in [0.15, 0.2) is 0 Å².